The van der Waals surface area contributed by atoms with Crippen molar-refractivity contribution in [2.45, 2.75) is 174 Å². The van der Waals surface area contributed by atoms with Crippen LogP contribution in [-0.4, -0.2) is 59.3 Å². The van der Waals surface area contributed by atoms with Gasteiger partial charge in [-0.05, 0) is 102 Å². The summed E-state index contributed by atoms with van der Waals surface area (Å²) in [6.07, 6.45) is 56.0. The summed E-state index contributed by atoms with van der Waals surface area (Å²) in [7, 11) is 0. The molecule has 0 aromatic rings. The molecule has 0 spiro atoms. The van der Waals surface area contributed by atoms with Crippen LogP contribution in [0.25, 0.3) is 0 Å². The smallest absolute Gasteiger partial charge is 0.328 e. The van der Waals surface area contributed by atoms with Crippen LogP contribution in [0.4, 0.5) is 0 Å². The summed E-state index contributed by atoms with van der Waals surface area (Å²) in [5.41, 5.74) is 0. The van der Waals surface area contributed by atoms with Crippen LogP contribution in [0, 0.1) is 0 Å². The monoisotopic (exact) mass is 807 g/mol. The highest BCUT2D eigenvalue weighted by atomic mass is 16.5. The lowest BCUT2D eigenvalue weighted by molar-refractivity contribution is -0.147. The normalized spacial score (nSPS) is 13.4. The topological polar surface area (TPSA) is 142 Å². The van der Waals surface area contributed by atoms with Crippen LogP contribution in [0.3, 0.4) is 0 Å². The summed E-state index contributed by atoms with van der Waals surface area (Å²) >= 11 is 0. The van der Waals surface area contributed by atoms with E-state index in [0.717, 1.165) is 109 Å². The number of rotatable bonds is 38. The number of unbranched alkanes of at least 4 members (excludes halogenated alkanes) is 10. The number of allylic oxidation sites excluding steroid dienone is 15. The number of amides is 2. The summed E-state index contributed by atoms with van der Waals surface area (Å²) in [5.74, 6) is -2.47. The molecule has 4 N–H and O–H groups in total. The maximum absolute atomic E-state index is 12.7. The van der Waals surface area contributed by atoms with Crippen LogP contribution in [0.1, 0.15) is 162 Å². The van der Waals surface area contributed by atoms with Crippen LogP contribution >= 0.6 is 0 Å². The van der Waals surface area contributed by atoms with Gasteiger partial charge in [0, 0.05) is 12.8 Å². The van der Waals surface area contributed by atoms with E-state index in [9.17, 15) is 19.2 Å². The number of carbonyl (C=O) groups excluding carboxylic acids is 3. The van der Waals surface area contributed by atoms with E-state index in [2.05, 4.69) is 116 Å². The van der Waals surface area contributed by atoms with Crippen molar-refractivity contribution in [3.8, 4) is 0 Å². The second-order valence-corrected chi connectivity index (χ2v) is 14.4. The molecular formula is C49H78N2O7. The Morgan fingerprint density at radius 2 is 1.03 bits per heavy atom. The maximum Gasteiger partial charge on any atom is 0.328 e. The highest BCUT2D eigenvalue weighted by Crippen LogP contribution is 2.14. The molecule has 2 amide bonds. The minimum Gasteiger partial charge on any atom is -0.480 e. The van der Waals surface area contributed by atoms with E-state index in [4.69, 9.17) is 14.9 Å². The molecule has 0 fully saturated rings. The Labute approximate surface area is 351 Å². The number of carboxylic acid groups (broad SMARTS) is 1. The molecule has 0 aromatic heterocycles. The quantitative estimate of drug-likeness (QED) is 0.0276. The second-order valence-electron chi connectivity index (χ2n) is 14.4. The van der Waals surface area contributed by atoms with Gasteiger partial charge >= 0.3 is 11.9 Å². The lowest BCUT2D eigenvalue weighted by atomic mass is 10.1. The summed E-state index contributed by atoms with van der Waals surface area (Å²) in [4.78, 5) is 47.5. The van der Waals surface area contributed by atoms with Gasteiger partial charge in [-0.3, -0.25) is 14.4 Å². The number of nitrogens with one attached hydrogen (secondary N) is 2. The first-order valence-electron chi connectivity index (χ1n) is 22.1. The predicted octanol–water partition coefficient (Wildman–Crippen LogP) is 11.0. The number of esters is 1. The second kappa shape index (κ2) is 42.4. The lowest BCUT2D eigenvalue weighted by Crippen LogP contribution is -2.47. The first-order chi connectivity index (χ1) is 28.3. The van der Waals surface area contributed by atoms with E-state index < -0.39 is 24.5 Å². The Balaban J connectivity index is 4.30. The molecule has 58 heavy (non-hydrogen) atoms. The molecule has 9 nitrogen and oxygen atoms in total. The van der Waals surface area contributed by atoms with Gasteiger partial charge in [0.2, 0.25) is 11.8 Å². The molecule has 326 valence electrons. The summed E-state index contributed by atoms with van der Waals surface area (Å²) < 4.78 is 5.88. The molecule has 0 radical (unpaired) electrons. The molecule has 0 saturated heterocycles. The number of aliphatic hydroxyl groups is 1. The van der Waals surface area contributed by atoms with Crippen molar-refractivity contribution >= 4 is 23.8 Å². The Hall–Kier alpha value is -4.24. The third-order valence-electron chi connectivity index (χ3n) is 9.05. The van der Waals surface area contributed by atoms with Gasteiger partial charge in [0.15, 0.2) is 0 Å². The summed E-state index contributed by atoms with van der Waals surface area (Å²) in [6, 6.07) is -1.40. The molecule has 0 bridgehead atoms. The van der Waals surface area contributed by atoms with Crippen LogP contribution < -0.4 is 10.6 Å². The average Bonchev–Trinajstić information content (AvgIpc) is 3.21. The van der Waals surface area contributed by atoms with Gasteiger partial charge in [0.25, 0.3) is 0 Å². The number of carbonyl (C=O) groups is 4. The van der Waals surface area contributed by atoms with Gasteiger partial charge in [-0.2, -0.15) is 0 Å². The molecule has 0 saturated carbocycles. The molecule has 0 rings (SSSR count). The SMILES string of the molecule is CC/C=C\C/C=C\C/C=C\C/C=C\C/C=C\C/C=C\CCCCCCC(=O)OC(/C=C\C/C=C\CCCCC)CCCCCCC(=O)NCC(=O)NC(CO)C(=O)O. The Kier molecular flexibility index (Phi) is 39.3. The van der Waals surface area contributed by atoms with Gasteiger partial charge < -0.3 is 25.6 Å². The molecule has 9 heteroatoms. The van der Waals surface area contributed by atoms with Crippen LogP contribution in [0.2, 0.25) is 0 Å². The average molecular weight is 807 g/mol. The van der Waals surface area contributed by atoms with E-state index >= 15 is 0 Å². The van der Waals surface area contributed by atoms with Crippen molar-refractivity contribution in [1.29, 1.82) is 0 Å². The molecule has 0 heterocycles. The zero-order chi connectivity index (χ0) is 42.6. The standard InChI is InChI=1S/C49H78N2O7/c1-3-5-7-9-11-13-14-15-16-17-18-19-20-21-22-23-24-25-26-27-29-31-37-41-48(55)58-44(38-34-30-28-12-10-8-6-4-2)39-35-32-33-36-40-46(53)50-42-47(54)51-45(43-52)49(56)57/h5,7,11-13,15-16,18-19,21-22,24-25,28,34,38,44-45,52H,3-4,6,8-10,14,17,20,23,26-27,29-33,35-37,39-43H2,1-2H3,(H,50,53)(H,51,54)(H,56,57)/b7-5-,13-11-,16-15-,19-18-,22-21-,25-24-,28-12-,38-34-. The fraction of sp³-hybridized carbons (Fsp3) is 0.592. The Morgan fingerprint density at radius 3 is 1.57 bits per heavy atom. The van der Waals surface area contributed by atoms with Crippen LogP contribution in [0.5, 0.6) is 0 Å². The number of aliphatic carboxylic acids is 1. The van der Waals surface area contributed by atoms with E-state index in [1.807, 2.05) is 6.08 Å². The molecule has 0 aliphatic rings. The third kappa shape index (κ3) is 38.6. The van der Waals surface area contributed by atoms with Crippen LogP contribution in [-0.2, 0) is 23.9 Å². The molecule has 2 atom stereocenters. The van der Waals surface area contributed by atoms with E-state index in [1.165, 1.54) is 19.3 Å². The van der Waals surface area contributed by atoms with Gasteiger partial charge in [-0.15, -0.1) is 0 Å². The molecule has 0 aliphatic heterocycles. The fourth-order valence-corrected chi connectivity index (χ4v) is 5.66. The largest absolute Gasteiger partial charge is 0.480 e. The number of hydrogen-bond donors (Lipinski definition) is 4. The lowest BCUT2D eigenvalue weighted by Gasteiger charge is -2.15. The number of hydrogen-bond acceptors (Lipinski definition) is 6. The number of ether oxygens (including phenoxy) is 1. The van der Waals surface area contributed by atoms with Gasteiger partial charge in [0.1, 0.15) is 12.1 Å². The molecular weight excluding hydrogens is 729 g/mol. The predicted molar refractivity (Wildman–Crippen MR) is 240 cm³/mol. The van der Waals surface area contributed by atoms with E-state index in [0.29, 0.717) is 12.8 Å². The van der Waals surface area contributed by atoms with Gasteiger partial charge in [-0.1, -0.05) is 144 Å². The Bertz CT molecular complexity index is 1290. The van der Waals surface area contributed by atoms with E-state index in [-0.39, 0.29) is 30.9 Å². The number of carboxylic acids is 1. The fourth-order valence-electron chi connectivity index (χ4n) is 5.66. The van der Waals surface area contributed by atoms with E-state index in [1.54, 1.807) is 0 Å². The third-order valence-corrected chi connectivity index (χ3v) is 9.05. The van der Waals surface area contributed by atoms with Gasteiger partial charge in [0.05, 0.1) is 13.2 Å². The van der Waals surface area contributed by atoms with Crippen molar-refractivity contribution in [2.75, 3.05) is 13.2 Å². The maximum atomic E-state index is 12.7. The van der Waals surface area contributed by atoms with Crippen molar-refractivity contribution in [3.63, 3.8) is 0 Å². The molecule has 2 unspecified atom stereocenters. The van der Waals surface area contributed by atoms with Gasteiger partial charge in [-0.25, -0.2) is 4.79 Å². The first kappa shape index (κ1) is 53.8. The highest BCUT2D eigenvalue weighted by Gasteiger charge is 2.18. The minimum absolute atomic E-state index is 0.156. The summed E-state index contributed by atoms with van der Waals surface area (Å²) in [6.45, 7) is 3.28. The summed E-state index contributed by atoms with van der Waals surface area (Å²) in [5, 5.41) is 22.5. The van der Waals surface area contributed by atoms with Crippen molar-refractivity contribution in [3.05, 3.63) is 97.2 Å². The van der Waals surface area contributed by atoms with Crippen molar-refractivity contribution in [2.24, 2.45) is 0 Å². The minimum atomic E-state index is -1.40. The van der Waals surface area contributed by atoms with Crippen LogP contribution in [0.15, 0.2) is 97.2 Å². The Morgan fingerprint density at radius 1 is 0.552 bits per heavy atom. The zero-order valence-electron chi connectivity index (χ0n) is 36.0. The van der Waals surface area contributed by atoms with Crippen molar-refractivity contribution < 1.29 is 34.1 Å². The highest BCUT2D eigenvalue weighted by molar-refractivity contribution is 5.87. The zero-order valence-corrected chi connectivity index (χ0v) is 36.0. The first-order valence-corrected chi connectivity index (χ1v) is 22.1. The van der Waals surface area contributed by atoms with Crippen molar-refractivity contribution in [1.82, 2.24) is 10.6 Å². The molecule has 0 aliphatic carbocycles. The number of aliphatic hydroxyl groups excluding tert-OH is 1. The molecule has 0 aromatic carbocycles.